The number of carbonyl (C=O) groups excluding carboxylic acids is 1. The zero-order valence-corrected chi connectivity index (χ0v) is 13.1. The first-order valence-electron chi connectivity index (χ1n) is 7.22. The molecular weight excluding hydrogens is 278 g/mol. The van der Waals surface area contributed by atoms with Crippen LogP contribution in [0.1, 0.15) is 12.5 Å². The molecule has 2 aromatic rings. The summed E-state index contributed by atoms with van der Waals surface area (Å²) in [4.78, 5) is 22.3. The van der Waals surface area contributed by atoms with E-state index in [2.05, 4.69) is 27.5 Å². The van der Waals surface area contributed by atoms with Crippen molar-refractivity contribution in [3.05, 3.63) is 42.1 Å². The molecule has 0 bridgehead atoms. The number of anilines is 3. The summed E-state index contributed by atoms with van der Waals surface area (Å²) in [5, 5.41) is 5.84. The number of nitrogens with one attached hydrogen (secondary N) is 2. The first kappa shape index (κ1) is 15.8. The number of hydrogen-bond donors (Lipinski definition) is 2. The number of amides is 1. The summed E-state index contributed by atoms with van der Waals surface area (Å²) in [5.41, 5.74) is 1.96. The summed E-state index contributed by atoms with van der Waals surface area (Å²) in [6.45, 7) is 2.18. The van der Waals surface area contributed by atoms with Crippen LogP contribution in [-0.4, -0.2) is 36.5 Å². The first-order chi connectivity index (χ1) is 10.6. The van der Waals surface area contributed by atoms with Crippen molar-refractivity contribution in [3.63, 3.8) is 0 Å². The number of nitrogens with zero attached hydrogens (tertiary/aromatic N) is 3. The maximum atomic E-state index is 12.0. The molecule has 0 saturated heterocycles. The third-order valence-electron chi connectivity index (χ3n) is 3.18. The van der Waals surface area contributed by atoms with Crippen LogP contribution in [0.4, 0.5) is 17.5 Å². The summed E-state index contributed by atoms with van der Waals surface area (Å²) in [6, 6.07) is 9.59. The molecule has 0 aliphatic carbocycles. The van der Waals surface area contributed by atoms with Crippen LogP contribution in [0.5, 0.6) is 0 Å². The number of carbonyl (C=O) groups is 1. The van der Waals surface area contributed by atoms with Gasteiger partial charge in [-0.3, -0.25) is 4.79 Å². The van der Waals surface area contributed by atoms with Gasteiger partial charge < -0.3 is 15.5 Å². The molecule has 6 heteroatoms. The van der Waals surface area contributed by atoms with Gasteiger partial charge in [0.1, 0.15) is 5.82 Å². The summed E-state index contributed by atoms with van der Waals surface area (Å²) in [7, 11) is 3.81. The number of rotatable bonds is 6. The Balaban J connectivity index is 1.94. The van der Waals surface area contributed by atoms with Crippen LogP contribution in [-0.2, 0) is 11.2 Å². The monoisotopic (exact) mass is 299 g/mol. The van der Waals surface area contributed by atoms with E-state index in [4.69, 9.17) is 0 Å². The molecule has 22 heavy (non-hydrogen) atoms. The minimum Gasteiger partial charge on any atom is -0.363 e. The molecule has 0 fully saturated rings. The maximum absolute atomic E-state index is 12.0. The molecule has 0 aliphatic heterocycles. The summed E-state index contributed by atoms with van der Waals surface area (Å²) in [5.74, 6) is 1.10. The van der Waals surface area contributed by atoms with Gasteiger partial charge >= 0.3 is 0 Å². The van der Waals surface area contributed by atoms with Crippen molar-refractivity contribution >= 4 is 23.4 Å². The van der Waals surface area contributed by atoms with Gasteiger partial charge in [0.15, 0.2) is 0 Å². The zero-order chi connectivity index (χ0) is 15.9. The Labute approximate surface area is 130 Å². The van der Waals surface area contributed by atoms with Crippen LogP contribution in [0.3, 0.4) is 0 Å². The fourth-order valence-corrected chi connectivity index (χ4v) is 1.99. The van der Waals surface area contributed by atoms with Crippen molar-refractivity contribution in [3.8, 4) is 0 Å². The Hall–Kier alpha value is -2.63. The SMILES string of the molecule is CCc1ccccc1NC(=O)CNc1nccc(N(C)C)n1. The van der Waals surface area contributed by atoms with E-state index in [1.165, 1.54) is 0 Å². The molecule has 1 aromatic carbocycles. The molecule has 1 amide bonds. The number of hydrogen-bond acceptors (Lipinski definition) is 5. The number of para-hydroxylation sites is 1. The van der Waals surface area contributed by atoms with Crippen LogP contribution < -0.4 is 15.5 Å². The molecule has 6 nitrogen and oxygen atoms in total. The smallest absolute Gasteiger partial charge is 0.243 e. The molecule has 2 rings (SSSR count). The van der Waals surface area contributed by atoms with Crippen LogP contribution in [0.2, 0.25) is 0 Å². The van der Waals surface area contributed by atoms with E-state index in [1.807, 2.05) is 49.3 Å². The van der Waals surface area contributed by atoms with Crippen molar-refractivity contribution in [1.82, 2.24) is 9.97 Å². The fraction of sp³-hybridized carbons (Fsp3) is 0.312. The number of aryl methyl sites for hydroxylation is 1. The second kappa shape index (κ2) is 7.40. The minimum absolute atomic E-state index is 0.120. The third-order valence-corrected chi connectivity index (χ3v) is 3.18. The predicted molar refractivity (Wildman–Crippen MR) is 89.3 cm³/mol. The molecule has 0 unspecified atom stereocenters. The normalized spacial score (nSPS) is 10.1. The van der Waals surface area contributed by atoms with Crippen LogP contribution in [0.25, 0.3) is 0 Å². The molecule has 0 atom stereocenters. The van der Waals surface area contributed by atoms with Crippen LogP contribution >= 0.6 is 0 Å². The summed E-state index contributed by atoms with van der Waals surface area (Å²) >= 11 is 0. The Morgan fingerprint density at radius 3 is 2.73 bits per heavy atom. The molecule has 2 N–H and O–H groups in total. The minimum atomic E-state index is -0.125. The molecule has 0 aliphatic rings. The largest absolute Gasteiger partial charge is 0.363 e. The number of aromatic nitrogens is 2. The van der Waals surface area contributed by atoms with Crippen molar-refractivity contribution in [2.24, 2.45) is 0 Å². The lowest BCUT2D eigenvalue weighted by atomic mass is 10.1. The number of benzene rings is 1. The average molecular weight is 299 g/mol. The highest BCUT2D eigenvalue weighted by Crippen LogP contribution is 2.15. The molecule has 0 spiro atoms. The average Bonchev–Trinajstić information content (AvgIpc) is 2.53. The lowest BCUT2D eigenvalue weighted by Crippen LogP contribution is -2.23. The zero-order valence-electron chi connectivity index (χ0n) is 13.1. The third kappa shape index (κ3) is 4.18. The predicted octanol–water partition coefficient (Wildman–Crippen LogP) is 2.16. The van der Waals surface area contributed by atoms with Gasteiger partial charge in [-0.15, -0.1) is 0 Å². The lowest BCUT2D eigenvalue weighted by Gasteiger charge is -2.13. The van der Waals surface area contributed by atoms with Gasteiger partial charge in [0.25, 0.3) is 0 Å². The summed E-state index contributed by atoms with van der Waals surface area (Å²) in [6.07, 6.45) is 2.53. The maximum Gasteiger partial charge on any atom is 0.243 e. The van der Waals surface area contributed by atoms with E-state index in [0.717, 1.165) is 23.5 Å². The molecule has 0 saturated carbocycles. The van der Waals surface area contributed by atoms with Crippen LogP contribution in [0, 0.1) is 0 Å². The molecule has 116 valence electrons. The van der Waals surface area contributed by atoms with Gasteiger partial charge in [-0.25, -0.2) is 4.98 Å². The van der Waals surface area contributed by atoms with Gasteiger partial charge in [-0.1, -0.05) is 25.1 Å². The van der Waals surface area contributed by atoms with E-state index >= 15 is 0 Å². The Kier molecular flexibility index (Phi) is 5.30. The topological polar surface area (TPSA) is 70.2 Å². The Morgan fingerprint density at radius 1 is 1.23 bits per heavy atom. The van der Waals surface area contributed by atoms with Gasteiger partial charge in [-0.05, 0) is 24.1 Å². The van der Waals surface area contributed by atoms with Crippen molar-refractivity contribution in [1.29, 1.82) is 0 Å². The quantitative estimate of drug-likeness (QED) is 0.855. The molecule has 0 radical (unpaired) electrons. The highest BCUT2D eigenvalue weighted by Gasteiger charge is 2.07. The van der Waals surface area contributed by atoms with Gasteiger partial charge in [0.05, 0.1) is 6.54 Å². The van der Waals surface area contributed by atoms with E-state index in [0.29, 0.717) is 5.95 Å². The second-order valence-corrected chi connectivity index (χ2v) is 5.05. The van der Waals surface area contributed by atoms with Crippen molar-refractivity contribution in [2.75, 3.05) is 36.2 Å². The lowest BCUT2D eigenvalue weighted by molar-refractivity contribution is -0.114. The van der Waals surface area contributed by atoms with Gasteiger partial charge in [0, 0.05) is 26.0 Å². The molecule has 1 aromatic heterocycles. The van der Waals surface area contributed by atoms with E-state index in [-0.39, 0.29) is 12.5 Å². The Morgan fingerprint density at radius 2 is 2.00 bits per heavy atom. The van der Waals surface area contributed by atoms with E-state index < -0.39 is 0 Å². The standard InChI is InChI=1S/C16H21N5O/c1-4-12-7-5-6-8-13(12)19-15(22)11-18-16-17-10-9-14(20-16)21(2)3/h5-10H,4,11H2,1-3H3,(H,19,22)(H,17,18,20). The van der Waals surface area contributed by atoms with E-state index in [9.17, 15) is 4.79 Å². The van der Waals surface area contributed by atoms with Crippen molar-refractivity contribution < 1.29 is 4.79 Å². The van der Waals surface area contributed by atoms with Crippen LogP contribution in [0.15, 0.2) is 36.5 Å². The fourth-order valence-electron chi connectivity index (χ4n) is 1.99. The first-order valence-corrected chi connectivity index (χ1v) is 7.22. The van der Waals surface area contributed by atoms with Gasteiger partial charge in [-0.2, -0.15) is 4.98 Å². The second-order valence-electron chi connectivity index (χ2n) is 5.05. The molecular formula is C16H21N5O. The van der Waals surface area contributed by atoms with Gasteiger partial charge in [0.2, 0.25) is 11.9 Å². The van der Waals surface area contributed by atoms with E-state index in [1.54, 1.807) is 6.20 Å². The highest BCUT2D eigenvalue weighted by molar-refractivity contribution is 5.94. The Bertz CT molecular complexity index is 642. The summed E-state index contributed by atoms with van der Waals surface area (Å²) < 4.78 is 0. The highest BCUT2D eigenvalue weighted by atomic mass is 16.1. The van der Waals surface area contributed by atoms with Crippen molar-refractivity contribution in [2.45, 2.75) is 13.3 Å². The molecule has 1 heterocycles.